The molecule has 0 atom stereocenters. The summed E-state index contributed by atoms with van der Waals surface area (Å²) in [6.07, 6.45) is 3.18. The van der Waals surface area contributed by atoms with Crippen LogP contribution < -0.4 is 5.73 Å². The largest absolute Gasteiger partial charge is 0.409 e. The standard InChI is InChI=1S/C11H10ClFN4O/c12-9-5-8(13)2-1-7(9)6-17-4-3-15-11(17)10(14)16-18/h1-5,18H,6H2,(H2,14,16). The van der Waals surface area contributed by atoms with E-state index in [1.165, 1.54) is 18.3 Å². The van der Waals surface area contributed by atoms with Crippen LogP contribution in [0, 0.1) is 5.82 Å². The third-order valence-electron chi connectivity index (χ3n) is 2.41. The highest BCUT2D eigenvalue weighted by Gasteiger charge is 2.10. The van der Waals surface area contributed by atoms with Crippen molar-refractivity contribution in [1.82, 2.24) is 9.55 Å². The van der Waals surface area contributed by atoms with Crippen LogP contribution in [0.15, 0.2) is 35.7 Å². The van der Waals surface area contributed by atoms with Crippen molar-refractivity contribution in [2.45, 2.75) is 6.54 Å². The van der Waals surface area contributed by atoms with Crippen LogP contribution in [0.2, 0.25) is 5.02 Å². The average molecular weight is 269 g/mol. The topological polar surface area (TPSA) is 76.4 Å². The van der Waals surface area contributed by atoms with E-state index in [-0.39, 0.29) is 5.84 Å². The van der Waals surface area contributed by atoms with Gasteiger partial charge >= 0.3 is 0 Å². The van der Waals surface area contributed by atoms with Gasteiger partial charge in [0.05, 0.1) is 6.54 Å². The van der Waals surface area contributed by atoms with E-state index in [2.05, 4.69) is 10.1 Å². The van der Waals surface area contributed by atoms with Gasteiger partial charge in [-0.05, 0) is 17.7 Å². The van der Waals surface area contributed by atoms with E-state index in [9.17, 15) is 4.39 Å². The number of benzene rings is 1. The molecule has 2 rings (SSSR count). The molecule has 1 heterocycles. The first kappa shape index (κ1) is 12.4. The number of aromatic nitrogens is 2. The molecule has 5 nitrogen and oxygen atoms in total. The first-order valence-electron chi connectivity index (χ1n) is 5.05. The van der Waals surface area contributed by atoms with E-state index in [1.807, 2.05) is 0 Å². The number of hydrogen-bond acceptors (Lipinski definition) is 3. The molecule has 3 N–H and O–H groups in total. The molecule has 0 aliphatic rings. The fraction of sp³-hybridized carbons (Fsp3) is 0.0909. The van der Waals surface area contributed by atoms with E-state index in [0.29, 0.717) is 23.0 Å². The van der Waals surface area contributed by atoms with Gasteiger partial charge in [-0.1, -0.05) is 22.8 Å². The highest BCUT2D eigenvalue weighted by Crippen LogP contribution is 2.18. The zero-order valence-corrected chi connectivity index (χ0v) is 9.97. The third-order valence-corrected chi connectivity index (χ3v) is 2.76. The summed E-state index contributed by atoms with van der Waals surface area (Å²) in [5.41, 5.74) is 6.19. The predicted molar refractivity (Wildman–Crippen MR) is 65.2 cm³/mol. The van der Waals surface area contributed by atoms with Crippen molar-refractivity contribution in [3.8, 4) is 0 Å². The second kappa shape index (κ2) is 5.05. The summed E-state index contributed by atoms with van der Waals surface area (Å²) in [6, 6.07) is 4.13. The Morgan fingerprint density at radius 2 is 2.33 bits per heavy atom. The Morgan fingerprint density at radius 1 is 1.56 bits per heavy atom. The van der Waals surface area contributed by atoms with Crippen molar-refractivity contribution in [1.29, 1.82) is 0 Å². The molecule has 0 saturated heterocycles. The molecule has 0 fully saturated rings. The van der Waals surface area contributed by atoms with E-state index < -0.39 is 5.82 Å². The highest BCUT2D eigenvalue weighted by atomic mass is 35.5. The minimum atomic E-state index is -0.397. The molecule has 0 amide bonds. The zero-order chi connectivity index (χ0) is 13.1. The summed E-state index contributed by atoms with van der Waals surface area (Å²) in [4.78, 5) is 3.96. The molecule has 1 aromatic heterocycles. The molecule has 94 valence electrons. The molecule has 0 saturated carbocycles. The summed E-state index contributed by atoms with van der Waals surface area (Å²) < 4.78 is 14.6. The maximum absolute atomic E-state index is 12.9. The number of rotatable bonds is 3. The molecule has 0 unspecified atom stereocenters. The maximum atomic E-state index is 12.9. The van der Waals surface area contributed by atoms with Gasteiger partial charge in [0, 0.05) is 17.4 Å². The van der Waals surface area contributed by atoms with Gasteiger partial charge in [-0.3, -0.25) is 0 Å². The Labute approximate surface area is 107 Å². The number of hydrogen-bond donors (Lipinski definition) is 2. The molecule has 1 aromatic carbocycles. The Hall–Kier alpha value is -2.08. The monoisotopic (exact) mass is 268 g/mol. The first-order valence-corrected chi connectivity index (χ1v) is 5.42. The van der Waals surface area contributed by atoms with Gasteiger partial charge in [0.2, 0.25) is 5.84 Å². The SMILES string of the molecule is NC(=NO)c1nccn1Cc1ccc(F)cc1Cl. The van der Waals surface area contributed by atoms with Gasteiger partial charge in [0.25, 0.3) is 0 Å². The lowest BCUT2D eigenvalue weighted by molar-refractivity contribution is 0.318. The quantitative estimate of drug-likeness (QED) is 0.386. The normalized spacial score (nSPS) is 11.8. The Bertz CT molecular complexity index is 596. The molecular weight excluding hydrogens is 259 g/mol. The second-order valence-electron chi connectivity index (χ2n) is 3.60. The number of imidazole rings is 1. The highest BCUT2D eigenvalue weighted by molar-refractivity contribution is 6.31. The number of nitrogens with zero attached hydrogens (tertiary/aromatic N) is 3. The Kier molecular flexibility index (Phi) is 3.47. The lowest BCUT2D eigenvalue weighted by atomic mass is 10.2. The van der Waals surface area contributed by atoms with Crippen LogP contribution in [0.3, 0.4) is 0 Å². The van der Waals surface area contributed by atoms with Crippen molar-refractivity contribution in [3.63, 3.8) is 0 Å². The average Bonchev–Trinajstić information content (AvgIpc) is 2.80. The number of amidine groups is 1. The minimum Gasteiger partial charge on any atom is -0.409 e. The molecule has 0 radical (unpaired) electrons. The molecule has 0 spiro atoms. The van der Waals surface area contributed by atoms with Crippen molar-refractivity contribution in [3.05, 3.63) is 52.8 Å². The summed E-state index contributed by atoms with van der Waals surface area (Å²) in [6.45, 7) is 0.352. The van der Waals surface area contributed by atoms with Crippen molar-refractivity contribution < 1.29 is 9.60 Å². The van der Waals surface area contributed by atoms with Crippen LogP contribution in [-0.2, 0) is 6.54 Å². The van der Waals surface area contributed by atoms with Gasteiger partial charge in [-0.2, -0.15) is 0 Å². The number of oxime groups is 1. The van der Waals surface area contributed by atoms with Crippen LogP contribution in [0.5, 0.6) is 0 Å². The molecular formula is C11H10ClFN4O. The van der Waals surface area contributed by atoms with Crippen molar-refractivity contribution in [2.75, 3.05) is 0 Å². The molecule has 18 heavy (non-hydrogen) atoms. The molecule has 7 heteroatoms. The number of nitrogens with two attached hydrogens (primary N) is 1. The summed E-state index contributed by atoms with van der Waals surface area (Å²) in [5.74, 6) is -0.179. The first-order chi connectivity index (χ1) is 8.61. The third kappa shape index (κ3) is 2.43. The summed E-state index contributed by atoms with van der Waals surface area (Å²) >= 11 is 5.93. The number of halogens is 2. The second-order valence-corrected chi connectivity index (χ2v) is 4.01. The van der Waals surface area contributed by atoms with Gasteiger partial charge < -0.3 is 15.5 Å². The Balaban J connectivity index is 2.32. The maximum Gasteiger partial charge on any atom is 0.206 e. The fourth-order valence-corrected chi connectivity index (χ4v) is 1.78. The van der Waals surface area contributed by atoms with Crippen LogP contribution in [0.4, 0.5) is 4.39 Å². The van der Waals surface area contributed by atoms with Crippen LogP contribution in [0.1, 0.15) is 11.4 Å². The van der Waals surface area contributed by atoms with Gasteiger partial charge in [0.1, 0.15) is 5.82 Å². The summed E-state index contributed by atoms with van der Waals surface area (Å²) in [5, 5.41) is 11.8. The van der Waals surface area contributed by atoms with Gasteiger partial charge in [-0.15, -0.1) is 0 Å². The zero-order valence-electron chi connectivity index (χ0n) is 9.22. The molecule has 2 aromatic rings. The smallest absolute Gasteiger partial charge is 0.206 e. The van der Waals surface area contributed by atoms with Crippen LogP contribution in [0.25, 0.3) is 0 Å². The Morgan fingerprint density at radius 3 is 3.00 bits per heavy atom. The van der Waals surface area contributed by atoms with E-state index in [0.717, 1.165) is 0 Å². The molecule has 0 aliphatic heterocycles. The molecule has 0 bridgehead atoms. The van der Waals surface area contributed by atoms with Gasteiger partial charge in [-0.25, -0.2) is 9.37 Å². The van der Waals surface area contributed by atoms with E-state index in [4.69, 9.17) is 22.5 Å². The fourth-order valence-electron chi connectivity index (χ4n) is 1.55. The lowest BCUT2D eigenvalue weighted by Gasteiger charge is -2.08. The van der Waals surface area contributed by atoms with Gasteiger partial charge in [0.15, 0.2) is 5.82 Å². The minimum absolute atomic E-state index is 0.0989. The predicted octanol–water partition coefficient (Wildman–Crippen LogP) is 1.82. The van der Waals surface area contributed by atoms with E-state index >= 15 is 0 Å². The van der Waals surface area contributed by atoms with Crippen LogP contribution >= 0.6 is 11.6 Å². The summed E-state index contributed by atoms with van der Waals surface area (Å²) in [7, 11) is 0. The van der Waals surface area contributed by atoms with Crippen LogP contribution in [-0.4, -0.2) is 20.6 Å². The van der Waals surface area contributed by atoms with Crippen molar-refractivity contribution in [2.24, 2.45) is 10.9 Å². The lowest BCUT2D eigenvalue weighted by Crippen LogP contribution is -2.20. The van der Waals surface area contributed by atoms with E-state index in [1.54, 1.807) is 16.8 Å². The van der Waals surface area contributed by atoms with Crippen molar-refractivity contribution >= 4 is 17.4 Å². The molecule has 0 aliphatic carbocycles.